The van der Waals surface area contributed by atoms with Gasteiger partial charge in [0.05, 0.1) is 19.6 Å². The van der Waals surface area contributed by atoms with Crippen molar-refractivity contribution in [2.75, 3.05) is 31.6 Å². The predicted molar refractivity (Wildman–Crippen MR) is 91.3 cm³/mol. The Bertz CT molecular complexity index is 665. The lowest BCUT2D eigenvalue weighted by atomic mass is 10.1. The lowest BCUT2D eigenvalue weighted by Gasteiger charge is -2.26. The van der Waals surface area contributed by atoms with Crippen LogP contribution in [0.25, 0.3) is 0 Å². The van der Waals surface area contributed by atoms with E-state index in [2.05, 4.69) is 5.32 Å². The molecule has 0 aliphatic carbocycles. The van der Waals surface area contributed by atoms with Crippen molar-refractivity contribution >= 4 is 11.6 Å². The molecule has 4 nitrogen and oxygen atoms in total. The number of ether oxygens (including phenoxy) is 1. The number of anilines is 1. The van der Waals surface area contributed by atoms with Crippen LogP contribution < -0.4 is 5.32 Å². The van der Waals surface area contributed by atoms with Crippen molar-refractivity contribution in [1.82, 2.24) is 4.90 Å². The number of nitrogens with one attached hydrogen (secondary N) is 1. The van der Waals surface area contributed by atoms with Crippen LogP contribution in [0.15, 0.2) is 48.5 Å². The first-order valence-electron chi connectivity index (χ1n) is 8.13. The van der Waals surface area contributed by atoms with Gasteiger partial charge in [-0.05, 0) is 35.4 Å². The average Bonchev–Trinajstić information content (AvgIpc) is 2.63. The third kappa shape index (κ3) is 4.55. The lowest BCUT2D eigenvalue weighted by molar-refractivity contribution is -0.134. The number of carbonyl (C=O) groups is 1. The minimum Gasteiger partial charge on any atom is -0.381 e. The van der Waals surface area contributed by atoms with Crippen molar-refractivity contribution in [2.45, 2.75) is 13.0 Å². The molecule has 3 rings (SSSR count). The highest BCUT2D eigenvalue weighted by Crippen LogP contribution is 2.13. The fourth-order valence-electron chi connectivity index (χ4n) is 2.65. The lowest BCUT2D eigenvalue weighted by Crippen LogP contribution is -2.41. The molecular weight excluding hydrogens is 307 g/mol. The van der Waals surface area contributed by atoms with E-state index in [1.54, 1.807) is 12.1 Å². The highest BCUT2D eigenvalue weighted by Gasteiger charge is 2.16. The normalized spacial score (nSPS) is 14.5. The molecule has 0 bridgehead atoms. The summed E-state index contributed by atoms with van der Waals surface area (Å²) in [4.78, 5) is 14.1. The summed E-state index contributed by atoms with van der Waals surface area (Å²) in [6, 6.07) is 14.3. The molecule has 126 valence electrons. The second kappa shape index (κ2) is 7.93. The van der Waals surface area contributed by atoms with Crippen LogP contribution in [-0.2, 0) is 22.5 Å². The molecule has 0 spiro atoms. The number of halogens is 1. The zero-order valence-electron chi connectivity index (χ0n) is 13.5. The van der Waals surface area contributed by atoms with Crippen molar-refractivity contribution in [3.63, 3.8) is 0 Å². The number of nitrogens with zero attached hydrogens (tertiary/aromatic N) is 1. The smallest absolute Gasteiger partial charge is 0.227 e. The van der Waals surface area contributed by atoms with Crippen molar-refractivity contribution in [2.24, 2.45) is 0 Å². The Labute approximate surface area is 141 Å². The van der Waals surface area contributed by atoms with Gasteiger partial charge in [-0.1, -0.05) is 24.3 Å². The van der Waals surface area contributed by atoms with E-state index in [1.165, 1.54) is 12.1 Å². The average molecular weight is 328 g/mol. The zero-order valence-corrected chi connectivity index (χ0v) is 13.5. The van der Waals surface area contributed by atoms with Gasteiger partial charge in [0.2, 0.25) is 5.91 Å². The van der Waals surface area contributed by atoms with Gasteiger partial charge < -0.3 is 15.0 Å². The summed E-state index contributed by atoms with van der Waals surface area (Å²) in [5.41, 5.74) is 2.99. The van der Waals surface area contributed by atoms with Crippen LogP contribution in [0.4, 0.5) is 10.1 Å². The van der Waals surface area contributed by atoms with Gasteiger partial charge in [0.15, 0.2) is 0 Å². The highest BCUT2D eigenvalue weighted by molar-refractivity contribution is 5.79. The van der Waals surface area contributed by atoms with Gasteiger partial charge in [-0.2, -0.15) is 0 Å². The standard InChI is InChI=1S/C19H21FN2O2/c20-17-5-1-16(2-6-17)14-21-18-7-3-15(4-8-18)13-19(23)22-9-11-24-12-10-22/h1-8,21H,9-14H2. The van der Waals surface area contributed by atoms with Crippen LogP contribution in [0.3, 0.4) is 0 Å². The summed E-state index contributed by atoms with van der Waals surface area (Å²) in [7, 11) is 0. The first kappa shape index (κ1) is 16.5. The Hall–Kier alpha value is -2.40. The number of hydrogen-bond donors (Lipinski definition) is 1. The molecule has 0 atom stereocenters. The van der Waals surface area contributed by atoms with Crippen LogP contribution in [0, 0.1) is 5.82 Å². The summed E-state index contributed by atoms with van der Waals surface area (Å²) < 4.78 is 18.1. The van der Waals surface area contributed by atoms with Crippen molar-refractivity contribution < 1.29 is 13.9 Å². The van der Waals surface area contributed by atoms with E-state index >= 15 is 0 Å². The van der Waals surface area contributed by atoms with Crippen LogP contribution in [0.1, 0.15) is 11.1 Å². The fraction of sp³-hybridized carbons (Fsp3) is 0.316. The second-order valence-electron chi connectivity index (χ2n) is 5.85. The summed E-state index contributed by atoms with van der Waals surface area (Å²) in [5, 5.41) is 3.29. The van der Waals surface area contributed by atoms with E-state index in [4.69, 9.17) is 4.74 Å². The largest absolute Gasteiger partial charge is 0.381 e. The molecule has 2 aromatic carbocycles. The quantitative estimate of drug-likeness (QED) is 0.918. The summed E-state index contributed by atoms with van der Waals surface area (Å²) >= 11 is 0. The number of amides is 1. The Morgan fingerprint density at radius 3 is 2.29 bits per heavy atom. The summed E-state index contributed by atoms with van der Waals surface area (Å²) in [6.07, 6.45) is 0.415. The molecule has 1 heterocycles. The monoisotopic (exact) mass is 328 g/mol. The zero-order chi connectivity index (χ0) is 16.8. The predicted octanol–water partition coefficient (Wildman–Crippen LogP) is 2.84. The molecule has 1 aliphatic heterocycles. The van der Waals surface area contributed by atoms with Crippen molar-refractivity contribution in [3.05, 3.63) is 65.5 Å². The second-order valence-corrected chi connectivity index (χ2v) is 5.85. The first-order valence-corrected chi connectivity index (χ1v) is 8.13. The summed E-state index contributed by atoms with van der Waals surface area (Å²) in [6.45, 7) is 3.23. The van der Waals surface area contributed by atoms with Gasteiger partial charge in [-0.25, -0.2) is 4.39 Å². The Balaban J connectivity index is 1.51. The van der Waals surface area contributed by atoms with E-state index in [-0.39, 0.29) is 11.7 Å². The van der Waals surface area contributed by atoms with Gasteiger partial charge in [-0.3, -0.25) is 4.79 Å². The van der Waals surface area contributed by atoms with Crippen LogP contribution in [-0.4, -0.2) is 37.1 Å². The third-order valence-corrected chi connectivity index (χ3v) is 4.08. The maximum absolute atomic E-state index is 12.9. The molecule has 1 N–H and O–H groups in total. The minimum absolute atomic E-state index is 0.144. The summed E-state index contributed by atoms with van der Waals surface area (Å²) in [5.74, 6) is -0.0849. The molecule has 1 amide bonds. The van der Waals surface area contributed by atoms with Gasteiger partial charge >= 0.3 is 0 Å². The molecule has 24 heavy (non-hydrogen) atoms. The molecule has 0 aromatic heterocycles. The molecule has 1 fully saturated rings. The SMILES string of the molecule is O=C(Cc1ccc(NCc2ccc(F)cc2)cc1)N1CCOCC1. The van der Waals surface area contributed by atoms with Crippen molar-refractivity contribution in [3.8, 4) is 0 Å². The van der Waals surface area contributed by atoms with Crippen molar-refractivity contribution in [1.29, 1.82) is 0 Å². The van der Waals surface area contributed by atoms with Gasteiger partial charge in [0, 0.05) is 25.3 Å². The molecule has 1 aliphatic rings. The Kier molecular flexibility index (Phi) is 5.43. The molecule has 0 saturated carbocycles. The van der Waals surface area contributed by atoms with E-state index < -0.39 is 0 Å². The number of hydrogen-bond acceptors (Lipinski definition) is 3. The van der Waals surface area contributed by atoms with E-state index in [0.29, 0.717) is 39.3 Å². The van der Waals surface area contributed by atoms with E-state index in [0.717, 1.165) is 16.8 Å². The Morgan fingerprint density at radius 2 is 1.62 bits per heavy atom. The maximum Gasteiger partial charge on any atom is 0.227 e. The van der Waals surface area contributed by atoms with Gasteiger partial charge in [0.1, 0.15) is 5.82 Å². The van der Waals surface area contributed by atoms with Crippen LogP contribution in [0.2, 0.25) is 0 Å². The van der Waals surface area contributed by atoms with E-state index in [9.17, 15) is 9.18 Å². The van der Waals surface area contributed by atoms with Gasteiger partial charge in [-0.15, -0.1) is 0 Å². The first-order chi connectivity index (χ1) is 11.7. The number of carbonyl (C=O) groups excluding carboxylic acids is 1. The molecule has 1 saturated heterocycles. The van der Waals surface area contributed by atoms with Crippen LogP contribution >= 0.6 is 0 Å². The fourth-order valence-corrected chi connectivity index (χ4v) is 2.65. The third-order valence-electron chi connectivity index (χ3n) is 4.08. The maximum atomic E-state index is 12.9. The van der Waals surface area contributed by atoms with Gasteiger partial charge in [0.25, 0.3) is 0 Å². The minimum atomic E-state index is -0.229. The Morgan fingerprint density at radius 1 is 1.00 bits per heavy atom. The number of benzene rings is 2. The van der Waals surface area contributed by atoms with Crippen LogP contribution in [0.5, 0.6) is 0 Å². The number of morpholine rings is 1. The van der Waals surface area contributed by atoms with E-state index in [1.807, 2.05) is 29.2 Å². The molecule has 2 aromatic rings. The highest BCUT2D eigenvalue weighted by atomic mass is 19.1. The molecular formula is C19H21FN2O2. The number of rotatable bonds is 5. The molecule has 0 unspecified atom stereocenters. The molecule has 0 radical (unpaired) electrons. The topological polar surface area (TPSA) is 41.6 Å². The molecule has 5 heteroatoms.